The lowest BCUT2D eigenvalue weighted by Crippen LogP contribution is -2.23. The molecule has 2 heterocycles. The number of nitrogens with zero attached hydrogens (tertiary/aromatic N) is 1. The fraction of sp³-hybridized carbons (Fsp3) is 0.125. The molecule has 0 fully saturated rings. The maximum atomic E-state index is 12.2. The number of hydrogen-bond acceptors (Lipinski definition) is 4. The van der Waals surface area contributed by atoms with Crippen molar-refractivity contribution < 1.29 is 4.79 Å². The molecule has 21 heavy (non-hydrogen) atoms. The highest BCUT2D eigenvalue weighted by Crippen LogP contribution is 2.37. The van der Waals surface area contributed by atoms with Gasteiger partial charge >= 0.3 is 0 Å². The van der Waals surface area contributed by atoms with E-state index in [2.05, 4.69) is 16.9 Å². The van der Waals surface area contributed by atoms with E-state index in [1.54, 1.807) is 12.3 Å². The second-order valence-corrected chi connectivity index (χ2v) is 5.72. The van der Waals surface area contributed by atoms with Gasteiger partial charge in [-0.25, -0.2) is 0 Å². The largest absolute Gasteiger partial charge is 0.397 e. The van der Waals surface area contributed by atoms with Gasteiger partial charge in [0.05, 0.1) is 11.2 Å². The second kappa shape index (κ2) is 5.54. The highest BCUT2D eigenvalue weighted by Gasteiger charge is 2.17. The number of hydrogen-bond donors (Lipinski definition) is 2. The highest BCUT2D eigenvalue weighted by molar-refractivity contribution is 7.22. The molecule has 0 unspecified atom stereocenters. The number of carbonyl (C=O) groups excluding carboxylic acids is 1. The van der Waals surface area contributed by atoms with Crippen molar-refractivity contribution in [1.29, 1.82) is 0 Å². The summed E-state index contributed by atoms with van der Waals surface area (Å²) in [7, 11) is 0. The average molecular weight is 297 g/mol. The third kappa shape index (κ3) is 2.36. The molecule has 1 aromatic carbocycles. The van der Waals surface area contributed by atoms with E-state index in [1.807, 2.05) is 24.3 Å². The summed E-state index contributed by atoms with van der Waals surface area (Å²) in [6.07, 6.45) is 4.25. The van der Waals surface area contributed by atoms with Crippen molar-refractivity contribution in [2.24, 2.45) is 0 Å². The van der Waals surface area contributed by atoms with Crippen molar-refractivity contribution in [3.63, 3.8) is 0 Å². The Morgan fingerprint density at radius 1 is 1.38 bits per heavy atom. The number of carbonyl (C=O) groups is 1. The summed E-state index contributed by atoms with van der Waals surface area (Å²) in [6.45, 7) is 4.20. The monoisotopic (exact) mass is 297 g/mol. The molecule has 0 aliphatic carbocycles. The van der Waals surface area contributed by atoms with Crippen LogP contribution < -0.4 is 11.1 Å². The maximum absolute atomic E-state index is 12.2. The molecule has 2 aromatic heterocycles. The minimum Gasteiger partial charge on any atom is -0.397 e. The van der Waals surface area contributed by atoms with Crippen LogP contribution in [0.25, 0.3) is 21.0 Å². The molecule has 3 N–H and O–H groups in total. The fourth-order valence-electron chi connectivity index (χ4n) is 2.23. The summed E-state index contributed by atoms with van der Waals surface area (Å²) in [4.78, 5) is 17.2. The summed E-state index contributed by atoms with van der Waals surface area (Å²) in [5.41, 5.74) is 7.54. The van der Waals surface area contributed by atoms with E-state index >= 15 is 0 Å². The van der Waals surface area contributed by atoms with E-state index in [9.17, 15) is 4.79 Å². The van der Waals surface area contributed by atoms with Crippen LogP contribution in [0.4, 0.5) is 5.69 Å². The van der Waals surface area contributed by atoms with Gasteiger partial charge in [-0.2, -0.15) is 0 Å². The smallest absolute Gasteiger partial charge is 0.263 e. The van der Waals surface area contributed by atoms with Crippen molar-refractivity contribution in [2.45, 2.75) is 6.42 Å². The molecule has 0 radical (unpaired) electrons. The summed E-state index contributed by atoms with van der Waals surface area (Å²) >= 11 is 1.42. The Morgan fingerprint density at radius 2 is 2.19 bits per heavy atom. The van der Waals surface area contributed by atoms with Gasteiger partial charge in [-0.05, 0) is 12.5 Å². The van der Waals surface area contributed by atoms with Gasteiger partial charge in [-0.15, -0.1) is 17.9 Å². The molecule has 3 aromatic rings. The highest BCUT2D eigenvalue weighted by atomic mass is 32.1. The van der Waals surface area contributed by atoms with Gasteiger partial charge in [-0.3, -0.25) is 9.78 Å². The molecule has 0 saturated carbocycles. The number of amides is 1. The normalized spacial score (nSPS) is 10.9. The Balaban J connectivity index is 2.08. The fourth-order valence-corrected chi connectivity index (χ4v) is 3.38. The molecule has 0 bridgehead atoms. The summed E-state index contributed by atoms with van der Waals surface area (Å²) in [5.74, 6) is -0.139. The summed E-state index contributed by atoms with van der Waals surface area (Å²) in [5, 5.41) is 4.71. The van der Waals surface area contributed by atoms with Crippen LogP contribution in [0.5, 0.6) is 0 Å². The molecule has 0 aliphatic heterocycles. The number of rotatable bonds is 4. The molecule has 0 spiro atoms. The number of thiophene rings is 1. The van der Waals surface area contributed by atoms with Crippen molar-refractivity contribution in [3.05, 3.63) is 48.0 Å². The standard InChI is InChI=1S/C16H15N3OS/c1-2-3-8-18-16(20)15-13(17)11-9-19-12-7-5-4-6-10(12)14(11)21-15/h2,4-7,9H,1,3,8,17H2,(H,18,20). The number of para-hydroxylation sites is 1. The molecular weight excluding hydrogens is 282 g/mol. The van der Waals surface area contributed by atoms with E-state index in [4.69, 9.17) is 5.73 Å². The van der Waals surface area contributed by atoms with Crippen molar-refractivity contribution in [3.8, 4) is 0 Å². The predicted molar refractivity (Wildman–Crippen MR) is 88.7 cm³/mol. The number of aromatic nitrogens is 1. The Morgan fingerprint density at radius 3 is 3.00 bits per heavy atom. The first-order valence-corrected chi connectivity index (χ1v) is 7.49. The molecule has 5 heteroatoms. The zero-order valence-corrected chi connectivity index (χ0v) is 12.2. The zero-order chi connectivity index (χ0) is 14.8. The van der Waals surface area contributed by atoms with Crippen LogP contribution in [0.15, 0.2) is 43.1 Å². The van der Waals surface area contributed by atoms with Crippen LogP contribution in [-0.2, 0) is 0 Å². The Labute approximate surface area is 126 Å². The van der Waals surface area contributed by atoms with Crippen molar-refractivity contribution in [2.75, 3.05) is 12.3 Å². The first kappa shape index (κ1) is 13.6. The third-order valence-electron chi connectivity index (χ3n) is 3.31. The van der Waals surface area contributed by atoms with Crippen molar-refractivity contribution >= 4 is 43.9 Å². The Hall–Kier alpha value is -2.40. The molecule has 0 aliphatic rings. The molecule has 0 saturated heterocycles. The van der Waals surface area contributed by atoms with E-state index < -0.39 is 0 Å². The van der Waals surface area contributed by atoms with E-state index in [0.717, 1.165) is 27.4 Å². The molecule has 106 valence electrons. The number of nitrogen functional groups attached to an aromatic ring is 1. The molecule has 3 rings (SSSR count). The molecule has 1 amide bonds. The van der Waals surface area contributed by atoms with Crippen LogP contribution >= 0.6 is 11.3 Å². The van der Waals surface area contributed by atoms with Crippen LogP contribution in [0, 0.1) is 0 Å². The third-order valence-corrected chi connectivity index (χ3v) is 4.56. The number of nitrogens with one attached hydrogen (secondary N) is 1. The van der Waals surface area contributed by atoms with Gasteiger partial charge in [-0.1, -0.05) is 24.3 Å². The Kier molecular flexibility index (Phi) is 3.58. The lowest BCUT2D eigenvalue weighted by molar-refractivity contribution is 0.0959. The zero-order valence-electron chi connectivity index (χ0n) is 11.4. The van der Waals surface area contributed by atoms with Gasteiger partial charge < -0.3 is 11.1 Å². The Bertz CT molecular complexity index is 838. The van der Waals surface area contributed by atoms with Crippen LogP contribution in [0.3, 0.4) is 0 Å². The van der Waals surface area contributed by atoms with Crippen molar-refractivity contribution in [1.82, 2.24) is 10.3 Å². The SMILES string of the molecule is C=CCCNC(=O)c1sc2c(cnc3ccccc32)c1N. The number of pyridine rings is 1. The average Bonchev–Trinajstić information content (AvgIpc) is 2.85. The quantitative estimate of drug-likeness (QED) is 0.573. The minimum atomic E-state index is -0.139. The lowest BCUT2D eigenvalue weighted by atomic mass is 10.1. The predicted octanol–water partition coefficient (Wildman–Crippen LogP) is 3.34. The van der Waals surface area contributed by atoms with E-state index in [1.165, 1.54) is 11.3 Å². The number of nitrogens with two attached hydrogens (primary N) is 1. The number of benzene rings is 1. The second-order valence-electron chi connectivity index (χ2n) is 4.70. The van der Waals surface area contributed by atoms with Gasteiger partial charge in [0.2, 0.25) is 0 Å². The van der Waals surface area contributed by atoms with Gasteiger partial charge in [0.1, 0.15) is 4.88 Å². The number of fused-ring (bicyclic) bond motifs is 3. The van der Waals surface area contributed by atoms with Gasteiger partial charge in [0.15, 0.2) is 0 Å². The van der Waals surface area contributed by atoms with Gasteiger partial charge in [0.25, 0.3) is 5.91 Å². The molecular formula is C16H15N3OS. The van der Waals surface area contributed by atoms with E-state index in [0.29, 0.717) is 17.1 Å². The first-order valence-electron chi connectivity index (χ1n) is 6.67. The number of anilines is 1. The van der Waals surface area contributed by atoms with Crippen LogP contribution in [0.1, 0.15) is 16.1 Å². The molecule has 4 nitrogen and oxygen atoms in total. The summed E-state index contributed by atoms with van der Waals surface area (Å²) < 4.78 is 1.01. The topological polar surface area (TPSA) is 68.0 Å². The maximum Gasteiger partial charge on any atom is 0.263 e. The van der Waals surface area contributed by atoms with Crippen LogP contribution in [-0.4, -0.2) is 17.4 Å². The van der Waals surface area contributed by atoms with E-state index in [-0.39, 0.29) is 5.91 Å². The summed E-state index contributed by atoms with van der Waals surface area (Å²) in [6, 6.07) is 7.86. The first-order chi connectivity index (χ1) is 10.2. The minimum absolute atomic E-state index is 0.139. The lowest BCUT2D eigenvalue weighted by Gasteiger charge is -2.01. The van der Waals surface area contributed by atoms with Gasteiger partial charge in [0, 0.05) is 28.2 Å². The van der Waals surface area contributed by atoms with Crippen LogP contribution in [0.2, 0.25) is 0 Å². The molecule has 0 atom stereocenters.